The van der Waals surface area contributed by atoms with Gasteiger partial charge in [0, 0.05) is 11.3 Å². The van der Waals surface area contributed by atoms with E-state index in [9.17, 15) is 0 Å². The monoisotopic (exact) mass is 393 g/mol. The van der Waals surface area contributed by atoms with Crippen LogP contribution in [0.3, 0.4) is 0 Å². The molecule has 1 atom stereocenters. The van der Waals surface area contributed by atoms with E-state index in [0.29, 0.717) is 5.82 Å². The average Bonchev–Trinajstić information content (AvgIpc) is 3.22. The molecule has 5 nitrogen and oxygen atoms in total. The van der Waals surface area contributed by atoms with E-state index in [4.69, 9.17) is 0 Å². The van der Waals surface area contributed by atoms with Crippen molar-refractivity contribution in [1.29, 1.82) is 0 Å². The molecule has 0 spiro atoms. The number of hydrogen-bond donors (Lipinski definition) is 1. The summed E-state index contributed by atoms with van der Waals surface area (Å²) in [7, 11) is 0. The lowest BCUT2D eigenvalue weighted by molar-refractivity contribution is 0.381. The van der Waals surface area contributed by atoms with Crippen LogP contribution in [0.1, 0.15) is 64.2 Å². The molecule has 2 aromatic heterocycles. The molecule has 0 amide bonds. The van der Waals surface area contributed by atoms with Crippen molar-refractivity contribution >= 4 is 11.6 Å². The van der Waals surface area contributed by atoms with Crippen molar-refractivity contribution in [1.82, 2.24) is 25.6 Å². The quantitative estimate of drug-likeness (QED) is 0.514. The Kier molecular flexibility index (Phi) is 11.2. The molecule has 0 aromatic carbocycles. The molecule has 2 heterocycles. The molecule has 29 heavy (non-hydrogen) atoms. The summed E-state index contributed by atoms with van der Waals surface area (Å²) in [6.07, 6.45) is 11.4. The number of nitrogens with zero attached hydrogens (tertiary/aromatic N) is 4. The minimum Gasteiger partial charge on any atom is -0.253 e. The topological polar surface area (TPSA) is 67.3 Å². The SMILES string of the molecule is C=C/C(=C\C(=C)/C=C/c1nn[nH]n1)c1cccc(C)n1.CCCCC(C)C(C)C. The molecule has 156 valence electrons. The van der Waals surface area contributed by atoms with Crippen molar-refractivity contribution in [2.24, 2.45) is 11.8 Å². The lowest BCUT2D eigenvalue weighted by Crippen LogP contribution is -2.02. The molecule has 1 unspecified atom stereocenters. The molecule has 0 radical (unpaired) electrons. The zero-order chi connectivity index (χ0) is 21.6. The van der Waals surface area contributed by atoms with Crippen molar-refractivity contribution in [3.05, 3.63) is 72.4 Å². The highest BCUT2D eigenvalue weighted by Gasteiger charge is 2.04. The van der Waals surface area contributed by atoms with E-state index >= 15 is 0 Å². The Balaban J connectivity index is 0.000000396. The molecule has 0 saturated heterocycles. The number of aromatic amines is 1. The van der Waals surface area contributed by atoms with Crippen molar-refractivity contribution in [3.8, 4) is 0 Å². The highest BCUT2D eigenvalue weighted by atomic mass is 15.5. The predicted octanol–water partition coefficient (Wildman–Crippen LogP) is 6.21. The minimum atomic E-state index is 0.508. The third-order valence-corrected chi connectivity index (χ3v) is 4.70. The van der Waals surface area contributed by atoms with E-state index in [2.05, 4.69) is 66.5 Å². The second kappa shape index (κ2) is 13.4. The van der Waals surface area contributed by atoms with E-state index in [0.717, 1.165) is 34.4 Å². The first kappa shape index (κ1) is 24.2. The van der Waals surface area contributed by atoms with Gasteiger partial charge in [-0.05, 0) is 53.8 Å². The fourth-order valence-electron chi connectivity index (χ4n) is 2.47. The smallest absolute Gasteiger partial charge is 0.197 e. The van der Waals surface area contributed by atoms with E-state index in [1.165, 1.54) is 19.3 Å². The summed E-state index contributed by atoms with van der Waals surface area (Å²) in [6, 6.07) is 5.86. The van der Waals surface area contributed by atoms with Crippen LogP contribution < -0.4 is 0 Å². The second-order valence-electron chi connectivity index (χ2n) is 7.51. The largest absolute Gasteiger partial charge is 0.253 e. The van der Waals surface area contributed by atoms with Crippen molar-refractivity contribution in [3.63, 3.8) is 0 Å². The van der Waals surface area contributed by atoms with Crippen LogP contribution in [-0.2, 0) is 0 Å². The van der Waals surface area contributed by atoms with Gasteiger partial charge >= 0.3 is 0 Å². The number of tetrazole rings is 1. The molecule has 0 bridgehead atoms. The van der Waals surface area contributed by atoms with Crippen LogP contribution in [0.2, 0.25) is 0 Å². The molecule has 0 aliphatic rings. The minimum absolute atomic E-state index is 0.508. The standard InChI is InChI=1S/C15H15N5.C9H20/c1-4-13(14-7-5-6-12(3)16-14)10-11(2)8-9-15-17-19-20-18-15;1-5-6-7-9(4)8(2)3/h4-10H,1-2H2,3H3,(H,17,18,19,20);8-9H,5-7H2,1-4H3/b9-8+,13-10+;. The zero-order valence-electron chi connectivity index (χ0n) is 18.5. The third-order valence-electron chi connectivity index (χ3n) is 4.70. The number of allylic oxidation sites excluding steroid dienone is 5. The lowest BCUT2D eigenvalue weighted by Gasteiger charge is -2.13. The van der Waals surface area contributed by atoms with Gasteiger partial charge in [-0.2, -0.15) is 5.21 Å². The van der Waals surface area contributed by atoms with Gasteiger partial charge in [0.25, 0.3) is 0 Å². The summed E-state index contributed by atoms with van der Waals surface area (Å²) in [5.41, 5.74) is 3.54. The highest BCUT2D eigenvalue weighted by Crippen LogP contribution is 2.17. The molecule has 2 aromatic rings. The van der Waals surface area contributed by atoms with Crippen molar-refractivity contribution < 1.29 is 0 Å². The van der Waals surface area contributed by atoms with Crippen LogP contribution in [-0.4, -0.2) is 25.6 Å². The first-order valence-corrected chi connectivity index (χ1v) is 10.3. The molecule has 5 heteroatoms. The maximum atomic E-state index is 4.46. The fourth-order valence-corrected chi connectivity index (χ4v) is 2.47. The number of aromatic nitrogens is 5. The first-order valence-electron chi connectivity index (χ1n) is 10.3. The van der Waals surface area contributed by atoms with Gasteiger partial charge in [0.05, 0.1) is 5.69 Å². The van der Waals surface area contributed by atoms with Gasteiger partial charge in [-0.1, -0.05) is 78.3 Å². The van der Waals surface area contributed by atoms with E-state index < -0.39 is 0 Å². The van der Waals surface area contributed by atoms with Crippen LogP contribution >= 0.6 is 0 Å². The Hall–Kier alpha value is -2.82. The molecular weight excluding hydrogens is 358 g/mol. The summed E-state index contributed by atoms with van der Waals surface area (Å²) in [5, 5.41) is 13.5. The molecule has 1 N–H and O–H groups in total. The van der Waals surface area contributed by atoms with Crippen LogP contribution in [0.15, 0.2) is 55.2 Å². The van der Waals surface area contributed by atoms with Crippen LogP contribution in [0.4, 0.5) is 0 Å². The maximum absolute atomic E-state index is 4.46. The second-order valence-corrected chi connectivity index (χ2v) is 7.51. The molecule has 0 saturated carbocycles. The number of aryl methyl sites for hydroxylation is 1. The summed E-state index contributed by atoms with van der Waals surface area (Å²) in [6.45, 7) is 19.0. The summed E-state index contributed by atoms with van der Waals surface area (Å²) in [4.78, 5) is 4.46. The Morgan fingerprint density at radius 3 is 2.55 bits per heavy atom. The van der Waals surface area contributed by atoms with Gasteiger partial charge < -0.3 is 0 Å². The third kappa shape index (κ3) is 9.79. The number of hydrogen-bond acceptors (Lipinski definition) is 4. The number of nitrogens with one attached hydrogen (secondary N) is 1. The molecule has 0 aliphatic carbocycles. The van der Waals surface area contributed by atoms with Gasteiger partial charge in [-0.3, -0.25) is 4.98 Å². The predicted molar refractivity (Wildman–Crippen MR) is 123 cm³/mol. The summed E-state index contributed by atoms with van der Waals surface area (Å²) in [5.74, 6) is 2.30. The van der Waals surface area contributed by atoms with E-state index in [1.54, 1.807) is 12.2 Å². The first-order chi connectivity index (χ1) is 13.9. The Morgan fingerprint density at radius 2 is 2.00 bits per heavy atom. The van der Waals surface area contributed by atoms with E-state index in [-0.39, 0.29) is 0 Å². The van der Waals surface area contributed by atoms with E-state index in [1.807, 2.05) is 37.3 Å². The molecule has 0 aliphatic heterocycles. The molecule has 0 fully saturated rings. The van der Waals surface area contributed by atoms with Gasteiger partial charge in [-0.15, -0.1) is 10.2 Å². The average molecular weight is 394 g/mol. The van der Waals surface area contributed by atoms with Crippen LogP contribution in [0.25, 0.3) is 11.6 Å². The van der Waals surface area contributed by atoms with Gasteiger partial charge in [0.2, 0.25) is 0 Å². The van der Waals surface area contributed by atoms with Gasteiger partial charge in [-0.25, -0.2) is 0 Å². The number of pyridine rings is 1. The van der Waals surface area contributed by atoms with Gasteiger partial charge in [0.1, 0.15) is 0 Å². The molecular formula is C24H35N5. The van der Waals surface area contributed by atoms with Crippen molar-refractivity contribution in [2.45, 2.75) is 53.9 Å². The number of rotatable bonds is 9. The molecule has 2 rings (SSSR count). The Morgan fingerprint density at radius 1 is 1.24 bits per heavy atom. The summed E-state index contributed by atoms with van der Waals surface area (Å²) < 4.78 is 0. The highest BCUT2D eigenvalue weighted by molar-refractivity contribution is 5.74. The van der Waals surface area contributed by atoms with Crippen LogP contribution in [0, 0.1) is 18.8 Å². The van der Waals surface area contributed by atoms with Gasteiger partial charge in [0.15, 0.2) is 5.82 Å². The zero-order valence-corrected chi connectivity index (χ0v) is 18.5. The maximum Gasteiger partial charge on any atom is 0.197 e. The number of H-pyrrole nitrogens is 1. The fraction of sp³-hybridized carbons (Fsp3) is 0.417. The Bertz CT molecular complexity index is 800. The number of unbranched alkanes of at least 4 members (excludes halogenated alkanes) is 1. The normalized spacial score (nSPS) is 12.6. The van der Waals surface area contributed by atoms with Crippen LogP contribution in [0.5, 0.6) is 0 Å². The lowest BCUT2D eigenvalue weighted by atomic mass is 9.93. The Labute approximate surface area is 175 Å². The summed E-state index contributed by atoms with van der Waals surface area (Å²) >= 11 is 0. The van der Waals surface area contributed by atoms with Crippen molar-refractivity contribution in [2.75, 3.05) is 0 Å².